The standard InChI is InChI=1S/C13H14ClN3O2S2/c14-12-5-2-6-16-13(12)17-21(18,19)8-7-20-11-4-1-3-10(15)9-11/h1-6,9H,7-8,15H2,(H,16,17). The monoisotopic (exact) mass is 343 g/mol. The summed E-state index contributed by atoms with van der Waals surface area (Å²) in [5.41, 5.74) is 6.32. The molecule has 8 heteroatoms. The van der Waals surface area contributed by atoms with E-state index in [9.17, 15) is 8.42 Å². The molecule has 0 spiro atoms. The van der Waals surface area contributed by atoms with Gasteiger partial charge in [-0.2, -0.15) is 0 Å². The molecule has 0 saturated carbocycles. The first-order valence-electron chi connectivity index (χ1n) is 6.06. The third kappa shape index (κ3) is 5.11. The predicted molar refractivity (Wildman–Crippen MR) is 88.2 cm³/mol. The Balaban J connectivity index is 1.91. The minimum Gasteiger partial charge on any atom is -0.399 e. The van der Waals surface area contributed by atoms with Crippen LogP contribution in [0.3, 0.4) is 0 Å². The molecule has 0 bridgehead atoms. The number of halogens is 1. The number of hydrogen-bond acceptors (Lipinski definition) is 5. The average molecular weight is 344 g/mol. The molecule has 0 radical (unpaired) electrons. The summed E-state index contributed by atoms with van der Waals surface area (Å²) in [4.78, 5) is 4.83. The van der Waals surface area contributed by atoms with Gasteiger partial charge >= 0.3 is 0 Å². The number of anilines is 2. The smallest absolute Gasteiger partial charge is 0.234 e. The van der Waals surface area contributed by atoms with Crippen LogP contribution in [0.1, 0.15) is 0 Å². The molecular formula is C13H14ClN3O2S2. The molecule has 2 aromatic rings. The van der Waals surface area contributed by atoms with Crippen molar-refractivity contribution >= 4 is 44.9 Å². The Kier molecular flexibility index (Phi) is 5.33. The molecule has 1 heterocycles. The summed E-state index contributed by atoms with van der Waals surface area (Å²) < 4.78 is 26.3. The molecule has 2 rings (SSSR count). The van der Waals surface area contributed by atoms with E-state index in [1.54, 1.807) is 24.3 Å². The summed E-state index contributed by atoms with van der Waals surface area (Å²) in [7, 11) is -3.49. The van der Waals surface area contributed by atoms with Crippen LogP contribution in [0, 0.1) is 0 Å². The maximum absolute atomic E-state index is 12.0. The van der Waals surface area contributed by atoms with E-state index in [0.717, 1.165) is 4.90 Å². The van der Waals surface area contributed by atoms with Crippen LogP contribution < -0.4 is 10.5 Å². The topological polar surface area (TPSA) is 85.1 Å². The van der Waals surface area contributed by atoms with Crippen LogP contribution in [0.4, 0.5) is 11.5 Å². The van der Waals surface area contributed by atoms with Crippen LogP contribution >= 0.6 is 23.4 Å². The Hall–Kier alpha value is -1.44. The van der Waals surface area contributed by atoms with Crippen molar-refractivity contribution in [2.24, 2.45) is 0 Å². The van der Waals surface area contributed by atoms with Crippen molar-refractivity contribution in [3.63, 3.8) is 0 Å². The van der Waals surface area contributed by atoms with Crippen molar-refractivity contribution in [2.45, 2.75) is 4.90 Å². The quantitative estimate of drug-likeness (QED) is 0.622. The minimum atomic E-state index is -3.49. The van der Waals surface area contributed by atoms with Crippen LogP contribution in [0.5, 0.6) is 0 Å². The van der Waals surface area contributed by atoms with Crippen molar-refractivity contribution in [3.05, 3.63) is 47.6 Å². The number of nitrogens with one attached hydrogen (secondary N) is 1. The van der Waals surface area contributed by atoms with Gasteiger partial charge in [0.05, 0.1) is 10.8 Å². The van der Waals surface area contributed by atoms with E-state index < -0.39 is 10.0 Å². The maximum atomic E-state index is 12.0. The highest BCUT2D eigenvalue weighted by Crippen LogP contribution is 2.22. The molecule has 0 aliphatic carbocycles. The number of aromatic nitrogens is 1. The van der Waals surface area contributed by atoms with Crippen LogP contribution in [0.25, 0.3) is 0 Å². The molecule has 1 aromatic heterocycles. The summed E-state index contributed by atoms with van der Waals surface area (Å²) in [6.07, 6.45) is 1.48. The second kappa shape index (κ2) is 7.02. The SMILES string of the molecule is Nc1cccc(SCCS(=O)(=O)Nc2ncccc2Cl)c1. The highest BCUT2D eigenvalue weighted by Gasteiger charge is 2.13. The first-order chi connectivity index (χ1) is 9.96. The lowest BCUT2D eigenvalue weighted by atomic mass is 10.3. The van der Waals surface area contributed by atoms with Crippen molar-refractivity contribution in [1.82, 2.24) is 4.98 Å². The van der Waals surface area contributed by atoms with E-state index in [1.807, 2.05) is 12.1 Å². The number of benzene rings is 1. The molecule has 5 nitrogen and oxygen atoms in total. The van der Waals surface area contributed by atoms with E-state index in [1.165, 1.54) is 18.0 Å². The number of nitrogens with two attached hydrogens (primary N) is 1. The zero-order chi connectivity index (χ0) is 15.3. The minimum absolute atomic E-state index is 0.0423. The number of nitrogen functional groups attached to an aromatic ring is 1. The van der Waals surface area contributed by atoms with Crippen LogP contribution in [-0.4, -0.2) is 24.9 Å². The summed E-state index contributed by atoms with van der Waals surface area (Å²) in [6, 6.07) is 10.5. The Morgan fingerprint density at radius 2 is 2.10 bits per heavy atom. The molecule has 0 unspecified atom stereocenters. The summed E-state index contributed by atoms with van der Waals surface area (Å²) >= 11 is 7.29. The number of sulfonamides is 1. The highest BCUT2D eigenvalue weighted by atomic mass is 35.5. The lowest BCUT2D eigenvalue weighted by Crippen LogP contribution is -2.19. The first kappa shape index (κ1) is 15.9. The number of hydrogen-bond donors (Lipinski definition) is 2. The number of rotatable bonds is 6. The zero-order valence-corrected chi connectivity index (χ0v) is 13.4. The number of pyridine rings is 1. The average Bonchev–Trinajstić information content (AvgIpc) is 2.41. The predicted octanol–water partition coefficient (Wildman–Crippen LogP) is 2.85. The summed E-state index contributed by atoms with van der Waals surface area (Å²) in [5, 5.41) is 0.268. The first-order valence-corrected chi connectivity index (χ1v) is 9.07. The molecule has 0 aliphatic heterocycles. The van der Waals surface area contributed by atoms with Crippen LogP contribution in [-0.2, 0) is 10.0 Å². The molecule has 21 heavy (non-hydrogen) atoms. The van der Waals surface area contributed by atoms with Gasteiger partial charge in [0.25, 0.3) is 0 Å². The fourth-order valence-electron chi connectivity index (χ4n) is 1.53. The van der Waals surface area contributed by atoms with Crippen molar-refractivity contribution in [1.29, 1.82) is 0 Å². The van der Waals surface area contributed by atoms with Crippen molar-refractivity contribution in [2.75, 3.05) is 22.0 Å². The van der Waals surface area contributed by atoms with E-state index >= 15 is 0 Å². The van der Waals surface area contributed by atoms with Gasteiger partial charge in [0, 0.05) is 22.5 Å². The van der Waals surface area contributed by atoms with E-state index in [2.05, 4.69) is 9.71 Å². The fraction of sp³-hybridized carbons (Fsp3) is 0.154. The fourth-order valence-corrected chi connectivity index (χ4v) is 4.16. The molecule has 0 atom stereocenters. The van der Waals surface area contributed by atoms with E-state index in [4.69, 9.17) is 17.3 Å². The zero-order valence-electron chi connectivity index (χ0n) is 11.0. The lowest BCUT2D eigenvalue weighted by molar-refractivity contribution is 0.602. The van der Waals surface area contributed by atoms with Gasteiger partial charge in [0.2, 0.25) is 10.0 Å². The molecule has 3 N–H and O–H groups in total. The maximum Gasteiger partial charge on any atom is 0.234 e. The second-order valence-electron chi connectivity index (χ2n) is 4.18. The Morgan fingerprint density at radius 3 is 2.81 bits per heavy atom. The normalized spacial score (nSPS) is 11.3. The second-order valence-corrected chi connectivity index (χ2v) is 7.59. The highest BCUT2D eigenvalue weighted by molar-refractivity contribution is 8.01. The number of thioether (sulfide) groups is 1. The Bertz CT molecular complexity index is 723. The molecule has 112 valence electrons. The van der Waals surface area contributed by atoms with Gasteiger partial charge in [0.15, 0.2) is 5.82 Å². The summed E-state index contributed by atoms with van der Waals surface area (Å²) in [6.45, 7) is 0. The van der Waals surface area contributed by atoms with Crippen LogP contribution in [0.2, 0.25) is 5.02 Å². The Labute approximate surface area is 133 Å². The molecule has 0 saturated heterocycles. The molecule has 0 fully saturated rings. The van der Waals surface area contributed by atoms with Gasteiger partial charge in [-0.05, 0) is 30.3 Å². The lowest BCUT2D eigenvalue weighted by Gasteiger charge is -2.08. The molecular weight excluding hydrogens is 330 g/mol. The van der Waals surface area contributed by atoms with Gasteiger partial charge in [-0.15, -0.1) is 11.8 Å². The van der Waals surface area contributed by atoms with Crippen molar-refractivity contribution in [3.8, 4) is 0 Å². The van der Waals surface area contributed by atoms with Gasteiger partial charge in [-0.3, -0.25) is 4.72 Å². The summed E-state index contributed by atoms with van der Waals surface area (Å²) in [5.74, 6) is 0.510. The van der Waals surface area contributed by atoms with Gasteiger partial charge in [0.1, 0.15) is 0 Å². The molecule has 1 aromatic carbocycles. The Morgan fingerprint density at radius 1 is 1.29 bits per heavy atom. The third-order valence-electron chi connectivity index (χ3n) is 2.49. The van der Waals surface area contributed by atoms with E-state index in [-0.39, 0.29) is 16.6 Å². The van der Waals surface area contributed by atoms with Gasteiger partial charge < -0.3 is 5.73 Å². The number of nitrogens with zero attached hydrogens (tertiary/aromatic N) is 1. The third-order valence-corrected chi connectivity index (χ3v) is 5.29. The van der Waals surface area contributed by atoms with E-state index in [0.29, 0.717) is 11.4 Å². The van der Waals surface area contributed by atoms with Gasteiger partial charge in [-0.1, -0.05) is 17.7 Å². The van der Waals surface area contributed by atoms with Crippen LogP contribution in [0.15, 0.2) is 47.5 Å². The molecule has 0 amide bonds. The largest absolute Gasteiger partial charge is 0.399 e. The van der Waals surface area contributed by atoms with Crippen molar-refractivity contribution < 1.29 is 8.42 Å². The molecule has 0 aliphatic rings. The van der Waals surface area contributed by atoms with Gasteiger partial charge in [-0.25, -0.2) is 13.4 Å².